The second-order valence-electron chi connectivity index (χ2n) is 8.40. The van der Waals surface area contributed by atoms with Crippen LogP contribution in [0.2, 0.25) is 0 Å². The number of pyridine rings is 1. The van der Waals surface area contributed by atoms with Crippen molar-refractivity contribution in [2.24, 2.45) is 11.7 Å². The number of nitrogens with zero attached hydrogens (tertiary/aromatic N) is 2. The number of aromatic nitrogens is 1. The van der Waals surface area contributed by atoms with E-state index in [1.54, 1.807) is 24.3 Å². The van der Waals surface area contributed by atoms with Crippen molar-refractivity contribution in [2.45, 2.75) is 72.5 Å². The third kappa shape index (κ3) is 7.87. The number of likely N-dealkylation sites (tertiary alicyclic amines) is 1. The van der Waals surface area contributed by atoms with Gasteiger partial charge in [0.05, 0.1) is 30.0 Å². The van der Waals surface area contributed by atoms with E-state index in [0.29, 0.717) is 18.0 Å². The van der Waals surface area contributed by atoms with Crippen LogP contribution in [0.5, 0.6) is 0 Å². The van der Waals surface area contributed by atoms with Gasteiger partial charge in [-0.15, -0.1) is 0 Å². The van der Waals surface area contributed by atoms with Gasteiger partial charge in [-0.1, -0.05) is 52.0 Å². The third-order valence-electron chi connectivity index (χ3n) is 5.71. The van der Waals surface area contributed by atoms with Gasteiger partial charge in [0.25, 0.3) is 0 Å². The van der Waals surface area contributed by atoms with Crippen LogP contribution in [0.1, 0.15) is 66.0 Å². The van der Waals surface area contributed by atoms with E-state index in [-0.39, 0.29) is 29.5 Å². The molecule has 1 saturated heterocycles. The average Bonchev–Trinajstić information content (AvgIpc) is 3.26. The van der Waals surface area contributed by atoms with Gasteiger partial charge < -0.3 is 16.0 Å². The van der Waals surface area contributed by atoms with E-state index in [9.17, 15) is 18.4 Å². The molecule has 3 unspecified atom stereocenters. The van der Waals surface area contributed by atoms with Gasteiger partial charge in [0.15, 0.2) is 11.6 Å². The van der Waals surface area contributed by atoms with Gasteiger partial charge in [-0.05, 0) is 43.7 Å². The molecule has 0 saturated carbocycles. The molecule has 0 bridgehead atoms. The van der Waals surface area contributed by atoms with E-state index < -0.39 is 11.6 Å². The lowest BCUT2D eigenvalue weighted by molar-refractivity contribution is -0.134. The highest BCUT2D eigenvalue weighted by Gasteiger charge is 2.29. The zero-order valence-electron chi connectivity index (χ0n) is 21.0. The number of hydrogen-bond acceptors (Lipinski definition) is 4. The van der Waals surface area contributed by atoms with Gasteiger partial charge in [0.1, 0.15) is 0 Å². The standard InChI is InChI=1S/C14H12F2N2O.C10H20N2O.C2H6/c1-9(18-8-19)10-2-4-11(5-3-10)14-12(15)6-17-7-13(14)16;1-7(2)9(11)10(13)12-6-4-5-8(12)3;1-2/h2-9H,1H3,(H,18,19);7-9H,4-6,11H2,1-3H3;1-2H3. The van der Waals surface area contributed by atoms with Crippen LogP contribution < -0.4 is 11.1 Å². The third-order valence-corrected chi connectivity index (χ3v) is 5.71. The number of hydrogen-bond donors (Lipinski definition) is 2. The first-order valence-corrected chi connectivity index (χ1v) is 11.8. The zero-order chi connectivity index (χ0) is 25.8. The van der Waals surface area contributed by atoms with Crippen LogP contribution in [0, 0.1) is 17.6 Å². The molecule has 1 aromatic heterocycles. The summed E-state index contributed by atoms with van der Waals surface area (Å²) in [4.78, 5) is 27.5. The van der Waals surface area contributed by atoms with Crippen molar-refractivity contribution < 1.29 is 18.4 Å². The molecular formula is C26H38F2N4O2. The van der Waals surface area contributed by atoms with Crippen molar-refractivity contribution in [3.05, 3.63) is 53.9 Å². The summed E-state index contributed by atoms with van der Waals surface area (Å²) in [6.07, 6.45) is 4.81. The molecule has 3 rings (SSSR count). The van der Waals surface area contributed by atoms with Gasteiger partial charge in [-0.3, -0.25) is 14.6 Å². The maximum atomic E-state index is 13.6. The summed E-state index contributed by atoms with van der Waals surface area (Å²) < 4.78 is 27.1. The van der Waals surface area contributed by atoms with Gasteiger partial charge in [0.2, 0.25) is 12.3 Å². The largest absolute Gasteiger partial charge is 0.352 e. The molecule has 0 aliphatic carbocycles. The van der Waals surface area contributed by atoms with Crippen LogP contribution in [-0.4, -0.2) is 40.8 Å². The first-order chi connectivity index (χ1) is 16.2. The number of amides is 2. The van der Waals surface area contributed by atoms with E-state index >= 15 is 0 Å². The maximum absolute atomic E-state index is 13.6. The molecule has 3 atom stereocenters. The molecule has 2 amide bonds. The minimum Gasteiger partial charge on any atom is -0.352 e. The van der Waals surface area contributed by atoms with Crippen LogP contribution in [0.3, 0.4) is 0 Å². The predicted octanol–water partition coefficient (Wildman–Crippen LogP) is 4.84. The number of carbonyl (C=O) groups is 2. The summed E-state index contributed by atoms with van der Waals surface area (Å²) in [7, 11) is 0. The summed E-state index contributed by atoms with van der Waals surface area (Å²) in [5, 5.41) is 2.61. The molecule has 0 spiro atoms. The Balaban J connectivity index is 0.000000337. The number of benzene rings is 1. The van der Waals surface area contributed by atoms with Crippen LogP contribution in [0.25, 0.3) is 11.1 Å². The SMILES string of the molecule is CC.CC(C)C(N)C(=O)N1CCCC1C.CC(NC=O)c1ccc(-c2c(F)cncc2F)cc1. The summed E-state index contributed by atoms with van der Waals surface area (Å²) in [6, 6.07) is 6.57. The highest BCUT2D eigenvalue weighted by Crippen LogP contribution is 2.26. The predicted molar refractivity (Wildman–Crippen MR) is 132 cm³/mol. The Morgan fingerprint density at radius 3 is 2.15 bits per heavy atom. The van der Waals surface area contributed by atoms with E-state index in [2.05, 4.69) is 17.2 Å². The molecule has 6 nitrogen and oxygen atoms in total. The fraction of sp³-hybridized carbons (Fsp3) is 0.500. The van der Waals surface area contributed by atoms with Crippen molar-refractivity contribution >= 4 is 12.3 Å². The molecule has 34 heavy (non-hydrogen) atoms. The van der Waals surface area contributed by atoms with E-state index in [1.165, 1.54) is 0 Å². The molecule has 1 aliphatic rings. The Morgan fingerprint density at radius 1 is 1.15 bits per heavy atom. The normalized spacial score (nSPS) is 16.5. The number of nitrogens with one attached hydrogen (secondary N) is 1. The minimum absolute atomic E-state index is 0.0995. The molecule has 1 fully saturated rings. The van der Waals surface area contributed by atoms with Crippen molar-refractivity contribution in [2.75, 3.05) is 6.54 Å². The highest BCUT2D eigenvalue weighted by molar-refractivity contribution is 5.82. The summed E-state index contributed by atoms with van der Waals surface area (Å²) in [5.74, 6) is -1.04. The first kappa shape index (κ1) is 29.2. The Hall–Kier alpha value is -2.87. The van der Waals surface area contributed by atoms with Crippen molar-refractivity contribution in [3.63, 3.8) is 0 Å². The number of halogens is 2. The Morgan fingerprint density at radius 2 is 1.71 bits per heavy atom. The topological polar surface area (TPSA) is 88.3 Å². The molecule has 1 aromatic carbocycles. The summed E-state index contributed by atoms with van der Waals surface area (Å²) >= 11 is 0. The van der Waals surface area contributed by atoms with Crippen LogP contribution in [-0.2, 0) is 9.59 Å². The van der Waals surface area contributed by atoms with Crippen molar-refractivity contribution in [1.29, 1.82) is 0 Å². The molecular weight excluding hydrogens is 438 g/mol. The van der Waals surface area contributed by atoms with Crippen LogP contribution in [0.15, 0.2) is 36.7 Å². The maximum Gasteiger partial charge on any atom is 0.239 e. The lowest BCUT2D eigenvalue weighted by Gasteiger charge is -2.26. The molecule has 1 aliphatic heterocycles. The average molecular weight is 477 g/mol. The molecule has 3 N–H and O–H groups in total. The quantitative estimate of drug-likeness (QED) is 0.584. The Bertz CT molecular complexity index is 886. The Kier molecular flexibility index (Phi) is 12.4. The van der Waals surface area contributed by atoms with Crippen molar-refractivity contribution in [3.8, 4) is 11.1 Å². The monoisotopic (exact) mass is 476 g/mol. The first-order valence-electron chi connectivity index (χ1n) is 11.8. The second kappa shape index (κ2) is 14.4. The van der Waals surface area contributed by atoms with Gasteiger partial charge >= 0.3 is 0 Å². The highest BCUT2D eigenvalue weighted by atomic mass is 19.1. The minimum atomic E-state index is -0.702. The summed E-state index contributed by atoms with van der Waals surface area (Å²) in [6.45, 7) is 12.8. The number of nitrogens with two attached hydrogens (primary N) is 1. The van der Waals surface area contributed by atoms with E-state index in [1.807, 2.05) is 39.5 Å². The lowest BCUT2D eigenvalue weighted by atomic mass is 10.0. The number of rotatable bonds is 6. The van der Waals surface area contributed by atoms with Crippen LogP contribution >= 0.6 is 0 Å². The number of carbonyl (C=O) groups excluding carboxylic acids is 2. The molecule has 188 valence electrons. The molecule has 2 heterocycles. The van der Waals surface area contributed by atoms with Crippen LogP contribution in [0.4, 0.5) is 8.78 Å². The Labute approximate surface area is 201 Å². The molecule has 0 radical (unpaired) electrons. The molecule has 2 aromatic rings. The fourth-order valence-corrected chi connectivity index (χ4v) is 3.56. The van der Waals surface area contributed by atoms with Gasteiger partial charge in [-0.2, -0.15) is 0 Å². The lowest BCUT2D eigenvalue weighted by Crippen LogP contribution is -2.47. The second-order valence-corrected chi connectivity index (χ2v) is 8.40. The molecule has 8 heteroatoms. The van der Waals surface area contributed by atoms with E-state index in [4.69, 9.17) is 5.73 Å². The van der Waals surface area contributed by atoms with Crippen molar-refractivity contribution in [1.82, 2.24) is 15.2 Å². The zero-order valence-corrected chi connectivity index (χ0v) is 21.0. The fourth-order valence-electron chi connectivity index (χ4n) is 3.56. The van der Waals surface area contributed by atoms with E-state index in [0.717, 1.165) is 37.3 Å². The van der Waals surface area contributed by atoms with Gasteiger partial charge in [-0.25, -0.2) is 8.78 Å². The smallest absolute Gasteiger partial charge is 0.239 e. The van der Waals surface area contributed by atoms with Gasteiger partial charge in [0, 0.05) is 12.6 Å². The summed E-state index contributed by atoms with van der Waals surface area (Å²) in [5.41, 5.74) is 6.99.